The molecule has 0 aromatic heterocycles. The minimum Gasteiger partial charge on any atom is -0.479 e. The topological polar surface area (TPSA) is 93.1 Å². The average Bonchev–Trinajstić information content (AvgIpc) is 1.99. The van der Waals surface area contributed by atoms with Gasteiger partial charge in [-0.2, -0.15) is 0 Å². The second-order valence-corrected chi connectivity index (χ2v) is 8.51. The Morgan fingerprint density at radius 1 is 1.20 bits per heavy atom. The molecular weight excluding hydrogens is 220 g/mol. The molecule has 6 nitrogen and oxygen atoms in total. The van der Waals surface area contributed by atoms with E-state index in [1.165, 1.54) is 7.11 Å². The number of methoxy groups -OCH3 is 1. The van der Waals surface area contributed by atoms with Crippen molar-refractivity contribution in [2.24, 2.45) is 0 Å². The first-order valence-corrected chi connectivity index (χ1v) is 7.72. The lowest BCUT2D eigenvalue weighted by Gasteiger charge is -2.31. The van der Waals surface area contributed by atoms with Gasteiger partial charge >= 0.3 is 11.9 Å². The normalized spacial score (nSPS) is 12.5. The Morgan fingerprint density at radius 3 is 1.80 bits per heavy atom. The van der Waals surface area contributed by atoms with Gasteiger partial charge in [-0.25, -0.2) is 9.59 Å². The maximum atomic E-state index is 11.0. The van der Waals surface area contributed by atoms with Crippen molar-refractivity contribution in [3.05, 3.63) is 0 Å². The van der Waals surface area contributed by atoms with E-state index in [0.29, 0.717) is 0 Å². The molecule has 7 heteroatoms. The third-order valence-corrected chi connectivity index (χ3v) is 2.48. The van der Waals surface area contributed by atoms with E-state index < -0.39 is 32.5 Å². The number of aliphatic carboxylic acids is 2. The predicted molar refractivity (Wildman–Crippen MR) is 54.3 cm³/mol. The highest BCUT2D eigenvalue weighted by Crippen LogP contribution is 2.20. The van der Waals surface area contributed by atoms with Gasteiger partial charge in [0.1, 0.15) is 0 Å². The lowest BCUT2D eigenvalue weighted by atomic mass is 10.1. The molecule has 0 aliphatic rings. The van der Waals surface area contributed by atoms with Gasteiger partial charge in [-0.15, -0.1) is 0 Å². The number of carbonyl (C=O) groups is 2. The molecule has 0 saturated carbocycles. The summed E-state index contributed by atoms with van der Waals surface area (Å²) in [5, 5.41) is 17.8. The van der Waals surface area contributed by atoms with Gasteiger partial charge in [0, 0.05) is 7.11 Å². The highest BCUT2D eigenvalue weighted by atomic mass is 28.4. The molecule has 0 bridgehead atoms. The molecule has 0 heterocycles. The van der Waals surface area contributed by atoms with Crippen LogP contribution in [0.2, 0.25) is 19.6 Å². The summed E-state index contributed by atoms with van der Waals surface area (Å²) in [5.41, 5.74) is -2.29. The molecule has 0 fully saturated rings. The number of ether oxygens (including phenoxy) is 1. The Kier molecular flexibility index (Phi) is 4.44. The monoisotopic (exact) mass is 236 g/mol. The number of hydrogen-bond acceptors (Lipinski definition) is 4. The van der Waals surface area contributed by atoms with Gasteiger partial charge in [0.25, 0.3) is 5.60 Å². The van der Waals surface area contributed by atoms with Crippen molar-refractivity contribution < 1.29 is 29.0 Å². The van der Waals surface area contributed by atoms with Crippen molar-refractivity contribution in [2.45, 2.75) is 25.2 Å². The average molecular weight is 236 g/mol. The maximum Gasteiger partial charge on any atom is 0.349 e. The standard InChI is InChI=1S/C8H16O6Si/c1-13-5-8(6(9)10,7(11)12)14-15(2,3)4/h5H2,1-4H3,(H,9,10)(H,11,12). The van der Waals surface area contributed by atoms with E-state index in [1.54, 1.807) is 19.6 Å². The van der Waals surface area contributed by atoms with Crippen LogP contribution in [0.5, 0.6) is 0 Å². The highest BCUT2D eigenvalue weighted by molar-refractivity contribution is 6.70. The molecule has 0 saturated heterocycles. The number of hydrogen-bond donors (Lipinski definition) is 2. The molecule has 2 N–H and O–H groups in total. The van der Waals surface area contributed by atoms with Gasteiger partial charge in [-0.3, -0.25) is 0 Å². The summed E-state index contributed by atoms with van der Waals surface area (Å²) in [7, 11) is -1.07. The fourth-order valence-electron chi connectivity index (χ4n) is 1.06. The van der Waals surface area contributed by atoms with Crippen LogP contribution >= 0.6 is 0 Å². The zero-order valence-corrected chi connectivity index (χ0v) is 10.2. The summed E-state index contributed by atoms with van der Waals surface area (Å²) in [4.78, 5) is 21.9. The van der Waals surface area contributed by atoms with Gasteiger partial charge in [-0.1, -0.05) is 0 Å². The van der Waals surface area contributed by atoms with Crippen molar-refractivity contribution in [2.75, 3.05) is 13.7 Å². The van der Waals surface area contributed by atoms with E-state index in [-0.39, 0.29) is 0 Å². The second kappa shape index (κ2) is 4.73. The third-order valence-electron chi connectivity index (χ3n) is 1.52. The second-order valence-electron chi connectivity index (χ2n) is 4.08. The molecule has 0 aromatic rings. The van der Waals surface area contributed by atoms with Crippen LogP contribution in [0.1, 0.15) is 0 Å². The van der Waals surface area contributed by atoms with Crippen LogP contribution in [0, 0.1) is 0 Å². The Labute approximate surface area is 88.9 Å². The zero-order chi connectivity index (χ0) is 12.3. The van der Waals surface area contributed by atoms with E-state index in [9.17, 15) is 9.59 Å². The van der Waals surface area contributed by atoms with Gasteiger partial charge in [0.15, 0.2) is 8.32 Å². The Morgan fingerprint density at radius 2 is 1.60 bits per heavy atom. The first-order valence-electron chi connectivity index (χ1n) is 4.31. The van der Waals surface area contributed by atoms with Crippen molar-refractivity contribution in [3.63, 3.8) is 0 Å². The largest absolute Gasteiger partial charge is 0.479 e. The molecule has 0 unspecified atom stereocenters. The zero-order valence-electron chi connectivity index (χ0n) is 9.23. The van der Waals surface area contributed by atoms with Gasteiger partial charge in [0.2, 0.25) is 0 Å². The van der Waals surface area contributed by atoms with Crippen LogP contribution in [-0.2, 0) is 18.8 Å². The number of rotatable bonds is 6. The highest BCUT2D eigenvalue weighted by Gasteiger charge is 2.51. The molecule has 0 aliphatic carbocycles. The van der Waals surface area contributed by atoms with Crippen molar-refractivity contribution in [3.8, 4) is 0 Å². The third kappa shape index (κ3) is 3.61. The molecule has 0 amide bonds. The van der Waals surface area contributed by atoms with Crippen LogP contribution in [0.25, 0.3) is 0 Å². The summed E-state index contributed by atoms with van der Waals surface area (Å²) < 4.78 is 9.81. The Bertz CT molecular complexity index is 242. The summed E-state index contributed by atoms with van der Waals surface area (Å²) in [6.45, 7) is 4.62. The maximum absolute atomic E-state index is 11.0. The van der Waals surface area contributed by atoms with Crippen LogP contribution in [0.3, 0.4) is 0 Å². The summed E-state index contributed by atoms with van der Waals surface area (Å²) in [6.07, 6.45) is 0. The molecule has 0 rings (SSSR count). The molecule has 0 atom stereocenters. The minimum absolute atomic E-state index is 0.512. The predicted octanol–water partition coefficient (Wildman–Crippen LogP) is 0.392. The van der Waals surface area contributed by atoms with Crippen molar-refractivity contribution >= 4 is 20.3 Å². The molecule has 88 valence electrons. The van der Waals surface area contributed by atoms with E-state index in [0.717, 1.165) is 0 Å². The van der Waals surface area contributed by atoms with E-state index in [4.69, 9.17) is 14.6 Å². The summed E-state index contributed by atoms with van der Waals surface area (Å²) >= 11 is 0. The van der Waals surface area contributed by atoms with Gasteiger partial charge in [-0.05, 0) is 19.6 Å². The number of carboxylic acid groups (broad SMARTS) is 2. The summed E-state index contributed by atoms with van der Waals surface area (Å²) in [5.74, 6) is -3.08. The first-order chi connectivity index (χ1) is 6.65. The quantitative estimate of drug-likeness (QED) is 0.512. The van der Waals surface area contributed by atoms with Crippen molar-refractivity contribution in [1.29, 1.82) is 0 Å². The van der Waals surface area contributed by atoms with Crippen LogP contribution in [0.15, 0.2) is 0 Å². The van der Waals surface area contributed by atoms with Crippen LogP contribution in [0.4, 0.5) is 0 Å². The lowest BCUT2D eigenvalue weighted by molar-refractivity contribution is -0.178. The first kappa shape index (κ1) is 14.1. The van der Waals surface area contributed by atoms with Gasteiger partial charge in [0.05, 0.1) is 6.61 Å². The molecule has 0 aromatic carbocycles. The molecule has 0 aliphatic heterocycles. The van der Waals surface area contributed by atoms with E-state index >= 15 is 0 Å². The summed E-state index contributed by atoms with van der Waals surface area (Å²) in [6, 6.07) is 0. The molecule has 0 spiro atoms. The Hall–Kier alpha value is -0.923. The van der Waals surface area contributed by atoms with Gasteiger partial charge < -0.3 is 19.4 Å². The SMILES string of the molecule is COCC(O[Si](C)(C)C)(C(=O)O)C(=O)O. The minimum atomic E-state index is -2.30. The number of carboxylic acids is 2. The van der Waals surface area contributed by atoms with E-state index in [1.807, 2.05) is 0 Å². The Balaban J connectivity index is 5.14. The van der Waals surface area contributed by atoms with Crippen LogP contribution in [-0.4, -0.2) is 49.8 Å². The molecular formula is C8H16O6Si. The fraction of sp³-hybridized carbons (Fsp3) is 0.750. The fourth-order valence-corrected chi connectivity index (χ4v) is 2.34. The van der Waals surface area contributed by atoms with Crippen molar-refractivity contribution in [1.82, 2.24) is 0 Å². The van der Waals surface area contributed by atoms with E-state index in [2.05, 4.69) is 4.74 Å². The van der Waals surface area contributed by atoms with Crippen LogP contribution < -0.4 is 0 Å². The molecule has 0 radical (unpaired) electrons. The molecule has 15 heavy (non-hydrogen) atoms. The lowest BCUT2D eigenvalue weighted by Crippen LogP contribution is -2.57. The smallest absolute Gasteiger partial charge is 0.349 e.